The Labute approximate surface area is 118 Å². The number of rotatable bonds is 2. The number of pyridine rings is 1. The molecule has 0 radical (unpaired) electrons. The van der Waals surface area contributed by atoms with Crippen molar-refractivity contribution in [3.63, 3.8) is 0 Å². The van der Waals surface area contributed by atoms with Crippen LogP contribution in [0.5, 0.6) is 0 Å². The fraction of sp³-hybridized carbons (Fsp3) is 0.167. The van der Waals surface area contributed by atoms with Crippen LogP contribution in [0.4, 0.5) is 0 Å². The number of hydrogen-bond acceptors (Lipinski definition) is 1. The molecule has 2 heteroatoms. The molecule has 0 saturated heterocycles. The van der Waals surface area contributed by atoms with E-state index < -0.39 is 0 Å². The minimum Gasteiger partial charge on any atom is -0.357 e. The second-order valence-corrected chi connectivity index (χ2v) is 5.34. The molecule has 0 unspecified atom stereocenters. The van der Waals surface area contributed by atoms with Crippen molar-refractivity contribution in [1.29, 1.82) is 0 Å². The average molecular weight is 263 g/mol. The van der Waals surface area contributed by atoms with E-state index in [0.717, 1.165) is 27.7 Å². The van der Waals surface area contributed by atoms with Crippen molar-refractivity contribution < 1.29 is 0 Å². The maximum Gasteiger partial charge on any atom is 0.189 e. The van der Waals surface area contributed by atoms with Crippen LogP contribution in [-0.2, 0) is 0 Å². The smallest absolute Gasteiger partial charge is 0.189 e. The Balaban J connectivity index is 2.36. The van der Waals surface area contributed by atoms with Crippen molar-refractivity contribution in [2.45, 2.75) is 19.8 Å². The number of aromatic nitrogens is 1. The summed E-state index contributed by atoms with van der Waals surface area (Å²) in [5.41, 5.74) is 4.18. The van der Waals surface area contributed by atoms with Gasteiger partial charge in [-0.1, -0.05) is 56.3 Å². The number of hydrogen-bond donors (Lipinski definition) is 1. The molecule has 1 N–H and O–H groups in total. The Kier molecular flexibility index (Phi) is 3.15. The van der Waals surface area contributed by atoms with Crippen LogP contribution >= 0.6 is 0 Å². The first-order valence-electron chi connectivity index (χ1n) is 6.88. The Bertz CT molecular complexity index is 801. The molecular formula is C18H17NO. The van der Waals surface area contributed by atoms with Gasteiger partial charge in [-0.15, -0.1) is 0 Å². The van der Waals surface area contributed by atoms with Crippen molar-refractivity contribution >= 4 is 10.9 Å². The maximum absolute atomic E-state index is 12.3. The van der Waals surface area contributed by atoms with Gasteiger partial charge in [0.25, 0.3) is 0 Å². The number of nitrogens with one attached hydrogen (secondary N) is 1. The third kappa shape index (κ3) is 2.14. The van der Waals surface area contributed by atoms with Crippen molar-refractivity contribution in [3.8, 4) is 11.1 Å². The topological polar surface area (TPSA) is 32.9 Å². The monoisotopic (exact) mass is 263 g/mol. The van der Waals surface area contributed by atoms with Crippen LogP contribution in [0.2, 0.25) is 0 Å². The Morgan fingerprint density at radius 1 is 0.950 bits per heavy atom. The lowest BCUT2D eigenvalue weighted by atomic mass is 10.0. The number of para-hydroxylation sites is 1. The van der Waals surface area contributed by atoms with Crippen molar-refractivity contribution in [2.24, 2.45) is 0 Å². The van der Waals surface area contributed by atoms with Gasteiger partial charge in [0.15, 0.2) is 5.43 Å². The van der Waals surface area contributed by atoms with Crippen molar-refractivity contribution in [3.05, 3.63) is 70.5 Å². The van der Waals surface area contributed by atoms with E-state index in [1.807, 2.05) is 30.3 Å². The van der Waals surface area contributed by atoms with Gasteiger partial charge in [0.2, 0.25) is 0 Å². The van der Waals surface area contributed by atoms with E-state index in [0.29, 0.717) is 5.92 Å². The highest BCUT2D eigenvalue weighted by atomic mass is 16.1. The fourth-order valence-corrected chi connectivity index (χ4v) is 2.46. The molecule has 0 bridgehead atoms. The van der Waals surface area contributed by atoms with Gasteiger partial charge in [-0.3, -0.25) is 4.79 Å². The molecule has 0 aliphatic rings. The van der Waals surface area contributed by atoms with Crippen LogP contribution in [0.3, 0.4) is 0 Å². The first kappa shape index (κ1) is 12.7. The highest BCUT2D eigenvalue weighted by Gasteiger charge is 2.09. The molecule has 3 rings (SSSR count). The summed E-state index contributed by atoms with van der Waals surface area (Å²) in [6.07, 6.45) is 0. The molecule has 0 amide bonds. The van der Waals surface area contributed by atoms with Gasteiger partial charge in [-0.2, -0.15) is 0 Å². The number of aromatic amines is 1. The van der Waals surface area contributed by atoms with E-state index in [1.54, 1.807) is 6.07 Å². The fourth-order valence-electron chi connectivity index (χ4n) is 2.46. The third-order valence-electron chi connectivity index (χ3n) is 3.59. The normalized spacial score (nSPS) is 11.2. The van der Waals surface area contributed by atoms with Crippen LogP contribution in [0.1, 0.15) is 25.5 Å². The Morgan fingerprint density at radius 3 is 2.40 bits per heavy atom. The van der Waals surface area contributed by atoms with Gasteiger partial charge >= 0.3 is 0 Å². The van der Waals surface area contributed by atoms with Crippen LogP contribution in [0, 0.1) is 0 Å². The summed E-state index contributed by atoms with van der Waals surface area (Å²) in [5, 5.41) is 0.746. The molecule has 100 valence electrons. The molecule has 0 atom stereocenters. The largest absolute Gasteiger partial charge is 0.357 e. The minimum absolute atomic E-state index is 0.0835. The summed E-state index contributed by atoms with van der Waals surface area (Å²) >= 11 is 0. The molecule has 2 aromatic carbocycles. The van der Waals surface area contributed by atoms with Crippen molar-refractivity contribution in [2.75, 3.05) is 0 Å². The molecule has 3 aromatic rings. The summed E-state index contributed by atoms with van der Waals surface area (Å²) in [5.74, 6) is 0.302. The predicted molar refractivity (Wildman–Crippen MR) is 84.1 cm³/mol. The Morgan fingerprint density at radius 2 is 1.70 bits per heavy atom. The second kappa shape index (κ2) is 4.97. The quantitative estimate of drug-likeness (QED) is 0.734. The van der Waals surface area contributed by atoms with E-state index in [9.17, 15) is 4.79 Å². The summed E-state index contributed by atoms with van der Waals surface area (Å²) in [6, 6.07) is 17.7. The summed E-state index contributed by atoms with van der Waals surface area (Å²) in [4.78, 5) is 15.7. The zero-order valence-electron chi connectivity index (χ0n) is 11.7. The lowest BCUT2D eigenvalue weighted by Gasteiger charge is -2.11. The number of benzene rings is 2. The first-order valence-corrected chi connectivity index (χ1v) is 6.88. The third-order valence-corrected chi connectivity index (χ3v) is 3.59. The summed E-state index contributed by atoms with van der Waals surface area (Å²) in [7, 11) is 0. The summed E-state index contributed by atoms with van der Waals surface area (Å²) < 4.78 is 0. The highest BCUT2D eigenvalue weighted by Crippen LogP contribution is 2.26. The van der Waals surface area contributed by atoms with E-state index in [2.05, 4.69) is 37.0 Å². The molecule has 1 aromatic heterocycles. The van der Waals surface area contributed by atoms with Crippen LogP contribution < -0.4 is 5.43 Å². The number of fused-ring (bicyclic) bond motifs is 1. The highest BCUT2D eigenvalue weighted by molar-refractivity contribution is 5.93. The standard InChI is InChI=1S/C18H17NO/c1-12(2)16-11-17(20)15-10-6-9-14(18(15)19-16)13-7-4-3-5-8-13/h3-12H,1-2H3,(H,19,20). The molecule has 0 aliphatic carbocycles. The Hall–Kier alpha value is -2.35. The zero-order valence-corrected chi connectivity index (χ0v) is 11.7. The van der Waals surface area contributed by atoms with Gasteiger partial charge in [-0.05, 0) is 17.5 Å². The molecule has 0 spiro atoms. The summed E-state index contributed by atoms with van der Waals surface area (Å²) in [6.45, 7) is 4.17. The van der Waals surface area contributed by atoms with Crippen LogP contribution in [0.25, 0.3) is 22.0 Å². The van der Waals surface area contributed by atoms with E-state index in [4.69, 9.17) is 0 Å². The molecule has 2 nitrogen and oxygen atoms in total. The van der Waals surface area contributed by atoms with Gasteiger partial charge in [0.05, 0.1) is 5.52 Å². The molecule has 1 heterocycles. The van der Waals surface area contributed by atoms with Crippen LogP contribution in [-0.4, -0.2) is 4.98 Å². The first-order chi connectivity index (χ1) is 9.66. The molecule has 0 aliphatic heterocycles. The average Bonchev–Trinajstić information content (AvgIpc) is 2.47. The van der Waals surface area contributed by atoms with Crippen molar-refractivity contribution in [1.82, 2.24) is 4.98 Å². The van der Waals surface area contributed by atoms with Gasteiger partial charge in [-0.25, -0.2) is 0 Å². The molecule has 20 heavy (non-hydrogen) atoms. The lowest BCUT2D eigenvalue weighted by Crippen LogP contribution is -2.06. The van der Waals surface area contributed by atoms with Gasteiger partial charge < -0.3 is 4.98 Å². The van der Waals surface area contributed by atoms with E-state index in [-0.39, 0.29) is 5.43 Å². The zero-order chi connectivity index (χ0) is 14.1. The second-order valence-electron chi connectivity index (χ2n) is 5.34. The number of H-pyrrole nitrogens is 1. The van der Waals surface area contributed by atoms with Gasteiger partial charge in [0, 0.05) is 22.7 Å². The molecule has 0 saturated carbocycles. The van der Waals surface area contributed by atoms with E-state index in [1.165, 1.54) is 0 Å². The maximum atomic E-state index is 12.3. The van der Waals surface area contributed by atoms with Crippen LogP contribution in [0.15, 0.2) is 59.4 Å². The molecule has 0 fully saturated rings. The molecular weight excluding hydrogens is 246 g/mol. The van der Waals surface area contributed by atoms with Gasteiger partial charge in [0.1, 0.15) is 0 Å². The SMILES string of the molecule is CC(C)c1cc(=O)c2cccc(-c3ccccc3)c2[nH]1. The predicted octanol–water partition coefficient (Wildman–Crippen LogP) is 4.32. The minimum atomic E-state index is 0.0835. The lowest BCUT2D eigenvalue weighted by molar-refractivity contribution is 0.828. The van der Waals surface area contributed by atoms with E-state index >= 15 is 0 Å².